The predicted octanol–water partition coefficient (Wildman–Crippen LogP) is 4.00. The van der Waals surface area contributed by atoms with Gasteiger partial charge in [-0.25, -0.2) is 4.39 Å². The Labute approximate surface area is 102 Å². The highest BCUT2D eigenvalue weighted by molar-refractivity contribution is 6.31. The summed E-state index contributed by atoms with van der Waals surface area (Å²) in [5.74, 6) is 0.300. The summed E-state index contributed by atoms with van der Waals surface area (Å²) in [6, 6.07) is 5.01. The maximum atomic E-state index is 12.8. The molecule has 1 atom stereocenters. The van der Waals surface area contributed by atoms with Crippen LogP contribution in [0, 0.1) is 11.7 Å². The Morgan fingerprint density at radius 1 is 1.38 bits per heavy atom. The standard InChI is InChI=1S/C13H19ClFN/c1-4-13(9(2)3)16-8-10-5-6-11(15)7-12(10)14/h5-7,9,13,16H,4,8H2,1-3H3. The molecule has 0 heterocycles. The fourth-order valence-corrected chi connectivity index (χ4v) is 1.99. The third-order valence-corrected chi connectivity index (χ3v) is 3.17. The normalized spacial score (nSPS) is 13.1. The van der Waals surface area contributed by atoms with Crippen molar-refractivity contribution in [2.45, 2.75) is 39.8 Å². The van der Waals surface area contributed by atoms with Crippen molar-refractivity contribution in [3.63, 3.8) is 0 Å². The lowest BCUT2D eigenvalue weighted by Crippen LogP contribution is -2.32. The smallest absolute Gasteiger partial charge is 0.124 e. The molecule has 0 radical (unpaired) electrons. The molecule has 1 aromatic rings. The molecule has 0 fully saturated rings. The summed E-state index contributed by atoms with van der Waals surface area (Å²) >= 11 is 5.96. The Hall–Kier alpha value is -0.600. The maximum absolute atomic E-state index is 12.8. The zero-order valence-electron chi connectivity index (χ0n) is 10.1. The molecule has 0 spiro atoms. The van der Waals surface area contributed by atoms with Crippen LogP contribution in [0.1, 0.15) is 32.8 Å². The minimum absolute atomic E-state index is 0.287. The Morgan fingerprint density at radius 2 is 2.06 bits per heavy atom. The van der Waals surface area contributed by atoms with E-state index in [4.69, 9.17) is 11.6 Å². The highest BCUT2D eigenvalue weighted by Gasteiger charge is 2.10. The Morgan fingerprint density at radius 3 is 2.56 bits per heavy atom. The number of nitrogens with one attached hydrogen (secondary N) is 1. The second-order valence-corrected chi connectivity index (χ2v) is 4.78. The molecule has 0 aliphatic rings. The molecule has 0 amide bonds. The lowest BCUT2D eigenvalue weighted by Gasteiger charge is -2.21. The molecule has 0 saturated carbocycles. The van der Waals surface area contributed by atoms with Crippen LogP contribution in [0.25, 0.3) is 0 Å². The maximum Gasteiger partial charge on any atom is 0.124 e. The van der Waals surface area contributed by atoms with Crippen molar-refractivity contribution < 1.29 is 4.39 Å². The molecular formula is C13H19ClFN. The lowest BCUT2D eigenvalue weighted by molar-refractivity contribution is 0.387. The van der Waals surface area contributed by atoms with E-state index in [-0.39, 0.29) is 5.82 Å². The predicted molar refractivity (Wildman–Crippen MR) is 67.2 cm³/mol. The van der Waals surface area contributed by atoms with Gasteiger partial charge in [0.2, 0.25) is 0 Å². The van der Waals surface area contributed by atoms with E-state index in [9.17, 15) is 4.39 Å². The van der Waals surface area contributed by atoms with Gasteiger partial charge in [-0.05, 0) is 30.0 Å². The molecule has 0 saturated heterocycles. The molecule has 0 aliphatic carbocycles. The number of hydrogen-bond acceptors (Lipinski definition) is 1. The second kappa shape index (κ2) is 6.21. The van der Waals surface area contributed by atoms with Gasteiger partial charge in [-0.3, -0.25) is 0 Å². The van der Waals surface area contributed by atoms with Gasteiger partial charge in [0, 0.05) is 17.6 Å². The molecule has 1 rings (SSSR count). The number of hydrogen-bond donors (Lipinski definition) is 1. The lowest BCUT2D eigenvalue weighted by atomic mass is 10.0. The SMILES string of the molecule is CCC(NCc1ccc(F)cc1Cl)C(C)C. The summed E-state index contributed by atoms with van der Waals surface area (Å²) in [6.45, 7) is 7.22. The quantitative estimate of drug-likeness (QED) is 0.824. The van der Waals surface area contributed by atoms with Gasteiger partial charge in [-0.2, -0.15) is 0 Å². The summed E-state index contributed by atoms with van der Waals surface area (Å²) in [6.07, 6.45) is 1.08. The van der Waals surface area contributed by atoms with Crippen molar-refractivity contribution in [3.8, 4) is 0 Å². The molecule has 1 unspecified atom stereocenters. The molecule has 3 heteroatoms. The summed E-state index contributed by atoms with van der Waals surface area (Å²) in [4.78, 5) is 0. The van der Waals surface area contributed by atoms with Crippen LogP contribution < -0.4 is 5.32 Å². The van der Waals surface area contributed by atoms with Crippen molar-refractivity contribution in [2.24, 2.45) is 5.92 Å². The molecule has 1 N–H and O–H groups in total. The van der Waals surface area contributed by atoms with Crippen LogP contribution in [-0.4, -0.2) is 6.04 Å². The highest BCUT2D eigenvalue weighted by atomic mass is 35.5. The molecule has 1 nitrogen and oxygen atoms in total. The van der Waals surface area contributed by atoms with Gasteiger partial charge in [-0.1, -0.05) is 38.4 Å². The average Bonchev–Trinajstić information content (AvgIpc) is 2.21. The molecule has 0 aromatic heterocycles. The minimum Gasteiger partial charge on any atom is -0.310 e. The minimum atomic E-state index is -0.287. The van der Waals surface area contributed by atoms with Crippen molar-refractivity contribution in [1.82, 2.24) is 5.32 Å². The summed E-state index contributed by atoms with van der Waals surface area (Å²) in [5.41, 5.74) is 0.946. The van der Waals surface area contributed by atoms with Crippen LogP contribution in [0.5, 0.6) is 0 Å². The Balaban J connectivity index is 2.60. The zero-order chi connectivity index (χ0) is 12.1. The molecular weight excluding hydrogens is 225 g/mol. The van der Waals surface area contributed by atoms with Crippen molar-refractivity contribution in [2.75, 3.05) is 0 Å². The summed E-state index contributed by atoms with van der Waals surface area (Å²) in [7, 11) is 0. The third-order valence-electron chi connectivity index (χ3n) is 2.81. The number of halogens is 2. The van der Waals surface area contributed by atoms with Crippen molar-refractivity contribution >= 4 is 11.6 Å². The highest BCUT2D eigenvalue weighted by Crippen LogP contribution is 2.17. The van der Waals surface area contributed by atoms with Gasteiger partial charge in [0.05, 0.1) is 0 Å². The Kier molecular flexibility index (Phi) is 5.23. The first-order chi connectivity index (χ1) is 7.54. The van der Waals surface area contributed by atoms with Gasteiger partial charge < -0.3 is 5.32 Å². The fraction of sp³-hybridized carbons (Fsp3) is 0.538. The van der Waals surface area contributed by atoms with Gasteiger partial charge in [0.25, 0.3) is 0 Å². The van der Waals surface area contributed by atoms with Gasteiger partial charge in [-0.15, -0.1) is 0 Å². The first-order valence-electron chi connectivity index (χ1n) is 5.72. The van der Waals surface area contributed by atoms with Crippen LogP contribution in [-0.2, 0) is 6.54 Å². The first-order valence-corrected chi connectivity index (χ1v) is 6.09. The van der Waals surface area contributed by atoms with Crippen LogP contribution in [0.2, 0.25) is 5.02 Å². The van der Waals surface area contributed by atoms with E-state index in [2.05, 4.69) is 26.1 Å². The first kappa shape index (κ1) is 13.5. The van der Waals surface area contributed by atoms with Crippen LogP contribution in [0.4, 0.5) is 4.39 Å². The van der Waals surface area contributed by atoms with E-state index in [1.807, 2.05) is 0 Å². The van der Waals surface area contributed by atoms with Crippen LogP contribution in [0.3, 0.4) is 0 Å². The van der Waals surface area contributed by atoms with Crippen molar-refractivity contribution in [3.05, 3.63) is 34.6 Å². The van der Waals surface area contributed by atoms with Gasteiger partial charge in [0.1, 0.15) is 5.82 Å². The number of benzene rings is 1. The molecule has 0 aliphatic heterocycles. The number of rotatable bonds is 5. The van der Waals surface area contributed by atoms with Gasteiger partial charge >= 0.3 is 0 Å². The van der Waals surface area contributed by atoms with Crippen molar-refractivity contribution in [1.29, 1.82) is 0 Å². The summed E-state index contributed by atoms with van der Waals surface area (Å²) in [5, 5.41) is 3.93. The fourth-order valence-electron chi connectivity index (χ4n) is 1.76. The van der Waals surface area contributed by atoms with E-state index in [1.165, 1.54) is 12.1 Å². The van der Waals surface area contributed by atoms with Gasteiger partial charge in [0.15, 0.2) is 0 Å². The van der Waals surface area contributed by atoms with Crippen LogP contribution in [0.15, 0.2) is 18.2 Å². The molecule has 1 aromatic carbocycles. The molecule has 90 valence electrons. The Bertz CT molecular complexity index is 339. The van der Waals surface area contributed by atoms with Crippen LogP contribution >= 0.6 is 11.6 Å². The molecule has 16 heavy (non-hydrogen) atoms. The summed E-state index contributed by atoms with van der Waals surface area (Å²) < 4.78 is 12.8. The topological polar surface area (TPSA) is 12.0 Å². The zero-order valence-corrected chi connectivity index (χ0v) is 10.8. The van der Waals surface area contributed by atoms with E-state index in [0.717, 1.165) is 12.0 Å². The molecule has 0 bridgehead atoms. The van der Waals surface area contributed by atoms with E-state index >= 15 is 0 Å². The largest absolute Gasteiger partial charge is 0.310 e. The van der Waals surface area contributed by atoms with E-state index in [0.29, 0.717) is 23.5 Å². The van der Waals surface area contributed by atoms with E-state index < -0.39 is 0 Å². The average molecular weight is 244 g/mol. The monoisotopic (exact) mass is 243 g/mol. The second-order valence-electron chi connectivity index (χ2n) is 4.38. The third kappa shape index (κ3) is 3.76. The van der Waals surface area contributed by atoms with E-state index in [1.54, 1.807) is 6.07 Å².